The number of hydrogen-bond acceptors (Lipinski definition) is 3. The maximum Gasteiger partial charge on any atom is 0.337 e. The number of nitrogens with zero attached hydrogens (tertiary/aromatic N) is 2. The summed E-state index contributed by atoms with van der Waals surface area (Å²) in [6.07, 6.45) is 0. The predicted molar refractivity (Wildman–Crippen MR) is 72.3 cm³/mol. The molecular weight excluding hydrogens is 247 g/mol. The second-order valence-corrected chi connectivity index (χ2v) is 5.21. The number of anilines is 1. The van der Waals surface area contributed by atoms with E-state index in [9.17, 15) is 14.3 Å². The quantitative estimate of drug-likeness (QED) is 0.889. The molecule has 5 heteroatoms. The standard InChI is InChI=1S/C14H19FN2O2/c1-9-7-17(8-10(2)16(9)3)13-11(14(18)19)5-4-6-12(13)15/h4-6,9-10H,7-8H2,1-3H3,(H,18,19). The van der Waals surface area contributed by atoms with Gasteiger partial charge in [-0.1, -0.05) is 6.07 Å². The highest BCUT2D eigenvalue weighted by atomic mass is 19.1. The molecular formula is C14H19FN2O2. The second-order valence-electron chi connectivity index (χ2n) is 5.21. The SMILES string of the molecule is CC1CN(c2c(F)cccc2C(=O)O)CC(C)N1C. The summed E-state index contributed by atoms with van der Waals surface area (Å²) >= 11 is 0. The molecule has 0 spiro atoms. The maximum atomic E-state index is 14.0. The Bertz CT molecular complexity index is 480. The lowest BCUT2D eigenvalue weighted by molar-refractivity contribution is 0.0696. The van der Waals surface area contributed by atoms with E-state index in [1.165, 1.54) is 18.2 Å². The Morgan fingerprint density at radius 3 is 2.42 bits per heavy atom. The molecule has 2 atom stereocenters. The van der Waals surface area contributed by atoms with Gasteiger partial charge in [0.05, 0.1) is 11.3 Å². The zero-order valence-electron chi connectivity index (χ0n) is 11.4. The molecule has 1 aromatic rings. The van der Waals surface area contributed by atoms with Crippen molar-refractivity contribution in [3.8, 4) is 0 Å². The van der Waals surface area contributed by atoms with Gasteiger partial charge in [0, 0.05) is 25.2 Å². The van der Waals surface area contributed by atoms with E-state index >= 15 is 0 Å². The number of piperazine rings is 1. The predicted octanol–water partition coefficient (Wildman–Crippen LogP) is 2.05. The minimum absolute atomic E-state index is 0.0314. The molecule has 0 radical (unpaired) electrons. The second kappa shape index (κ2) is 5.17. The van der Waals surface area contributed by atoms with Crippen LogP contribution in [0.4, 0.5) is 10.1 Å². The highest BCUT2D eigenvalue weighted by Crippen LogP contribution is 2.28. The first-order chi connectivity index (χ1) is 8.91. The molecule has 1 aromatic carbocycles. The van der Waals surface area contributed by atoms with Crippen molar-refractivity contribution in [3.05, 3.63) is 29.6 Å². The first kappa shape index (κ1) is 13.8. The largest absolute Gasteiger partial charge is 0.478 e. The summed E-state index contributed by atoms with van der Waals surface area (Å²) < 4.78 is 14.0. The first-order valence-electron chi connectivity index (χ1n) is 6.40. The van der Waals surface area contributed by atoms with Gasteiger partial charge in [-0.15, -0.1) is 0 Å². The van der Waals surface area contributed by atoms with E-state index in [1.807, 2.05) is 11.9 Å². The number of carboxylic acids is 1. The number of carbonyl (C=O) groups is 1. The summed E-state index contributed by atoms with van der Waals surface area (Å²) in [4.78, 5) is 15.3. The lowest BCUT2D eigenvalue weighted by atomic mass is 10.1. The van der Waals surface area contributed by atoms with Crippen LogP contribution in [0.15, 0.2) is 18.2 Å². The number of hydrogen-bond donors (Lipinski definition) is 1. The number of para-hydroxylation sites is 1. The summed E-state index contributed by atoms with van der Waals surface area (Å²) in [5.41, 5.74) is 0.241. The molecule has 2 rings (SSSR count). The van der Waals surface area contributed by atoms with E-state index in [0.717, 1.165) is 0 Å². The van der Waals surface area contributed by atoms with Gasteiger partial charge in [-0.3, -0.25) is 4.90 Å². The summed E-state index contributed by atoms with van der Waals surface area (Å²) in [7, 11) is 2.03. The van der Waals surface area contributed by atoms with Gasteiger partial charge >= 0.3 is 5.97 Å². The number of rotatable bonds is 2. The van der Waals surface area contributed by atoms with E-state index < -0.39 is 11.8 Å². The maximum absolute atomic E-state index is 14.0. The van der Waals surface area contributed by atoms with Gasteiger partial charge in [0.15, 0.2) is 0 Å². The number of aromatic carboxylic acids is 1. The Morgan fingerprint density at radius 1 is 1.32 bits per heavy atom. The molecule has 2 unspecified atom stereocenters. The van der Waals surface area contributed by atoms with Crippen molar-refractivity contribution in [2.45, 2.75) is 25.9 Å². The van der Waals surface area contributed by atoms with Crippen LogP contribution in [-0.2, 0) is 0 Å². The van der Waals surface area contributed by atoms with Crippen LogP contribution >= 0.6 is 0 Å². The lowest BCUT2D eigenvalue weighted by Gasteiger charge is -2.43. The Labute approximate surface area is 112 Å². The summed E-state index contributed by atoms with van der Waals surface area (Å²) in [6, 6.07) is 4.71. The van der Waals surface area contributed by atoms with Crippen LogP contribution in [0, 0.1) is 5.82 Å². The lowest BCUT2D eigenvalue weighted by Crippen LogP contribution is -2.55. The molecule has 1 saturated heterocycles. The third-order valence-corrected chi connectivity index (χ3v) is 3.89. The van der Waals surface area contributed by atoms with Gasteiger partial charge in [-0.25, -0.2) is 9.18 Å². The molecule has 19 heavy (non-hydrogen) atoms. The molecule has 1 aliphatic heterocycles. The molecule has 0 aliphatic carbocycles. The van der Waals surface area contributed by atoms with Crippen molar-refractivity contribution >= 4 is 11.7 Å². The molecule has 4 nitrogen and oxygen atoms in total. The van der Waals surface area contributed by atoms with Gasteiger partial charge in [0.1, 0.15) is 5.82 Å². The fourth-order valence-corrected chi connectivity index (χ4v) is 2.60. The van der Waals surface area contributed by atoms with E-state index in [4.69, 9.17) is 0 Å². The van der Waals surface area contributed by atoms with Crippen LogP contribution in [0.25, 0.3) is 0 Å². The van der Waals surface area contributed by atoms with E-state index in [0.29, 0.717) is 13.1 Å². The molecule has 0 amide bonds. The minimum Gasteiger partial charge on any atom is -0.478 e. The normalized spacial score (nSPS) is 24.5. The van der Waals surface area contributed by atoms with Crippen LogP contribution in [0.1, 0.15) is 24.2 Å². The summed E-state index contributed by atoms with van der Waals surface area (Å²) in [5.74, 6) is -1.56. The van der Waals surface area contributed by atoms with Crippen molar-refractivity contribution in [3.63, 3.8) is 0 Å². The van der Waals surface area contributed by atoms with Gasteiger partial charge in [-0.2, -0.15) is 0 Å². The van der Waals surface area contributed by atoms with Gasteiger partial charge < -0.3 is 10.0 Å². The fraction of sp³-hybridized carbons (Fsp3) is 0.500. The van der Waals surface area contributed by atoms with Crippen molar-refractivity contribution in [1.29, 1.82) is 0 Å². The number of benzene rings is 1. The van der Waals surface area contributed by atoms with Crippen molar-refractivity contribution in [2.75, 3.05) is 25.0 Å². The minimum atomic E-state index is -1.09. The average molecular weight is 266 g/mol. The van der Waals surface area contributed by atoms with Crippen LogP contribution in [0.5, 0.6) is 0 Å². The van der Waals surface area contributed by atoms with E-state index in [2.05, 4.69) is 18.7 Å². The van der Waals surface area contributed by atoms with Gasteiger partial charge in [-0.05, 0) is 33.0 Å². The number of halogens is 1. The molecule has 1 aliphatic rings. The van der Waals surface area contributed by atoms with Crippen LogP contribution in [0.3, 0.4) is 0 Å². The number of likely N-dealkylation sites (N-methyl/N-ethyl adjacent to an activating group) is 1. The topological polar surface area (TPSA) is 43.8 Å². The van der Waals surface area contributed by atoms with Crippen LogP contribution in [0.2, 0.25) is 0 Å². The molecule has 0 aromatic heterocycles. The average Bonchev–Trinajstić information content (AvgIpc) is 2.35. The summed E-state index contributed by atoms with van der Waals surface area (Å²) in [6.45, 7) is 5.37. The fourth-order valence-electron chi connectivity index (χ4n) is 2.60. The Morgan fingerprint density at radius 2 is 1.89 bits per heavy atom. The Balaban J connectivity index is 2.39. The highest BCUT2D eigenvalue weighted by molar-refractivity contribution is 5.94. The van der Waals surface area contributed by atoms with Crippen molar-refractivity contribution < 1.29 is 14.3 Å². The van der Waals surface area contributed by atoms with E-state index in [-0.39, 0.29) is 23.3 Å². The molecule has 1 heterocycles. The smallest absolute Gasteiger partial charge is 0.337 e. The monoisotopic (exact) mass is 266 g/mol. The van der Waals surface area contributed by atoms with Gasteiger partial charge in [0.2, 0.25) is 0 Å². The van der Waals surface area contributed by atoms with E-state index in [1.54, 1.807) is 0 Å². The Hall–Kier alpha value is -1.62. The zero-order valence-corrected chi connectivity index (χ0v) is 11.4. The van der Waals surface area contributed by atoms with Crippen molar-refractivity contribution in [1.82, 2.24) is 4.90 Å². The van der Waals surface area contributed by atoms with Crippen LogP contribution in [-0.4, -0.2) is 48.2 Å². The molecule has 1 N–H and O–H groups in total. The molecule has 1 fully saturated rings. The third kappa shape index (κ3) is 2.56. The molecule has 0 saturated carbocycles. The third-order valence-electron chi connectivity index (χ3n) is 3.89. The van der Waals surface area contributed by atoms with Crippen molar-refractivity contribution in [2.24, 2.45) is 0 Å². The Kier molecular flexibility index (Phi) is 3.75. The summed E-state index contributed by atoms with van der Waals surface area (Å²) in [5, 5.41) is 9.20. The molecule has 0 bridgehead atoms. The molecule has 104 valence electrons. The van der Waals surface area contributed by atoms with Gasteiger partial charge in [0.25, 0.3) is 0 Å². The van der Waals surface area contributed by atoms with Crippen LogP contribution < -0.4 is 4.90 Å². The zero-order chi connectivity index (χ0) is 14.2. The number of carboxylic acid groups (broad SMARTS) is 1. The first-order valence-corrected chi connectivity index (χ1v) is 6.40. The highest BCUT2D eigenvalue weighted by Gasteiger charge is 2.30.